The number of nitrogens with one attached hydrogen (secondary N) is 1. The maximum atomic E-state index is 12.3. The van der Waals surface area contributed by atoms with Gasteiger partial charge in [0, 0.05) is 17.5 Å². The second kappa shape index (κ2) is 4.67. The number of rotatable bonds is 3. The smallest absolute Gasteiger partial charge is 0.251 e. The van der Waals surface area contributed by atoms with E-state index < -0.39 is 0 Å². The number of fused-ring (bicyclic) bond motifs is 1. The van der Waals surface area contributed by atoms with Gasteiger partial charge in [-0.25, -0.2) is 0 Å². The van der Waals surface area contributed by atoms with Gasteiger partial charge in [0.25, 0.3) is 5.91 Å². The SMILES string of the molecule is CC1(CNC(=O)c2cccc3ccccc23)COC1. The normalized spacial score (nSPS) is 16.9. The van der Waals surface area contributed by atoms with Crippen LogP contribution < -0.4 is 5.32 Å². The maximum Gasteiger partial charge on any atom is 0.251 e. The molecule has 1 aliphatic rings. The third-order valence-electron chi connectivity index (χ3n) is 3.61. The molecule has 0 spiro atoms. The third kappa shape index (κ3) is 2.34. The standard InChI is InChI=1S/C16H17NO2/c1-16(10-19-11-16)9-17-15(18)14-8-4-6-12-5-2-3-7-13(12)14/h2-8H,9-11H2,1H3,(H,17,18). The predicted octanol–water partition coefficient (Wildman–Crippen LogP) is 2.61. The van der Waals surface area contributed by atoms with Gasteiger partial charge in [-0.05, 0) is 16.8 Å². The van der Waals surface area contributed by atoms with Crippen LogP contribution in [0.15, 0.2) is 42.5 Å². The molecule has 1 aliphatic heterocycles. The second-order valence-corrected chi connectivity index (χ2v) is 5.51. The van der Waals surface area contributed by atoms with E-state index in [9.17, 15) is 4.79 Å². The molecule has 1 amide bonds. The van der Waals surface area contributed by atoms with Gasteiger partial charge in [0.15, 0.2) is 0 Å². The highest BCUT2D eigenvalue weighted by atomic mass is 16.5. The number of ether oxygens (including phenoxy) is 1. The van der Waals surface area contributed by atoms with Crippen LogP contribution in [0.2, 0.25) is 0 Å². The summed E-state index contributed by atoms with van der Waals surface area (Å²) in [5.41, 5.74) is 0.835. The van der Waals surface area contributed by atoms with Crippen molar-refractivity contribution in [2.24, 2.45) is 5.41 Å². The van der Waals surface area contributed by atoms with Crippen LogP contribution in [0.3, 0.4) is 0 Å². The van der Waals surface area contributed by atoms with Crippen LogP contribution in [0.5, 0.6) is 0 Å². The van der Waals surface area contributed by atoms with Crippen LogP contribution in [-0.2, 0) is 4.74 Å². The quantitative estimate of drug-likeness (QED) is 0.915. The van der Waals surface area contributed by atoms with E-state index in [1.807, 2.05) is 42.5 Å². The number of carbonyl (C=O) groups is 1. The highest BCUT2D eigenvalue weighted by molar-refractivity contribution is 6.07. The van der Waals surface area contributed by atoms with Gasteiger partial charge in [0.1, 0.15) is 0 Å². The van der Waals surface area contributed by atoms with Gasteiger partial charge in [-0.2, -0.15) is 0 Å². The minimum atomic E-state index is -0.00933. The Morgan fingerprint density at radius 2 is 1.95 bits per heavy atom. The van der Waals surface area contributed by atoms with Crippen LogP contribution in [0.4, 0.5) is 0 Å². The first-order valence-corrected chi connectivity index (χ1v) is 6.52. The highest BCUT2D eigenvalue weighted by Gasteiger charge is 2.33. The van der Waals surface area contributed by atoms with Crippen molar-refractivity contribution in [2.75, 3.05) is 19.8 Å². The summed E-state index contributed by atoms with van der Waals surface area (Å²) in [5.74, 6) is -0.00933. The van der Waals surface area contributed by atoms with Crippen molar-refractivity contribution in [2.45, 2.75) is 6.92 Å². The van der Waals surface area contributed by atoms with Crippen molar-refractivity contribution < 1.29 is 9.53 Å². The summed E-state index contributed by atoms with van der Waals surface area (Å²) in [6, 6.07) is 13.8. The Kier molecular flexibility index (Phi) is 2.99. The molecule has 3 heteroatoms. The van der Waals surface area contributed by atoms with Crippen LogP contribution >= 0.6 is 0 Å². The molecular weight excluding hydrogens is 238 g/mol. The minimum absolute atomic E-state index is 0.00933. The van der Waals surface area contributed by atoms with Gasteiger partial charge in [0.05, 0.1) is 13.2 Å². The van der Waals surface area contributed by atoms with Crippen molar-refractivity contribution in [3.05, 3.63) is 48.0 Å². The topological polar surface area (TPSA) is 38.3 Å². The summed E-state index contributed by atoms with van der Waals surface area (Å²) in [6.45, 7) is 4.24. The average Bonchev–Trinajstić information content (AvgIpc) is 2.42. The highest BCUT2D eigenvalue weighted by Crippen LogP contribution is 2.25. The molecule has 1 fully saturated rings. The monoisotopic (exact) mass is 255 g/mol. The van der Waals surface area contributed by atoms with E-state index in [0.29, 0.717) is 6.54 Å². The molecule has 0 radical (unpaired) electrons. The lowest BCUT2D eigenvalue weighted by atomic mass is 9.88. The second-order valence-electron chi connectivity index (χ2n) is 5.51. The zero-order valence-electron chi connectivity index (χ0n) is 11.0. The lowest BCUT2D eigenvalue weighted by Gasteiger charge is -2.38. The van der Waals surface area contributed by atoms with Crippen molar-refractivity contribution in [1.82, 2.24) is 5.32 Å². The number of amides is 1. The molecule has 3 rings (SSSR count). The number of carbonyl (C=O) groups excluding carboxylic acids is 1. The van der Waals surface area contributed by atoms with Crippen molar-refractivity contribution in [1.29, 1.82) is 0 Å². The van der Waals surface area contributed by atoms with E-state index in [1.54, 1.807) is 0 Å². The average molecular weight is 255 g/mol. The van der Waals surface area contributed by atoms with Crippen molar-refractivity contribution in [3.63, 3.8) is 0 Å². The molecule has 0 bridgehead atoms. The molecule has 98 valence electrons. The van der Waals surface area contributed by atoms with Gasteiger partial charge >= 0.3 is 0 Å². The molecular formula is C16H17NO2. The molecule has 19 heavy (non-hydrogen) atoms. The van der Waals surface area contributed by atoms with E-state index >= 15 is 0 Å². The van der Waals surface area contributed by atoms with E-state index in [2.05, 4.69) is 12.2 Å². The predicted molar refractivity (Wildman–Crippen MR) is 75.2 cm³/mol. The Balaban J connectivity index is 1.81. The summed E-state index contributed by atoms with van der Waals surface area (Å²) < 4.78 is 5.19. The Morgan fingerprint density at radius 3 is 2.68 bits per heavy atom. The zero-order valence-corrected chi connectivity index (χ0v) is 11.0. The van der Waals surface area contributed by atoms with Crippen LogP contribution in [-0.4, -0.2) is 25.7 Å². The summed E-state index contributed by atoms with van der Waals surface area (Å²) >= 11 is 0. The number of hydrogen-bond donors (Lipinski definition) is 1. The van der Waals surface area contributed by atoms with E-state index in [0.717, 1.165) is 29.5 Å². The lowest BCUT2D eigenvalue weighted by molar-refractivity contribution is -0.0978. The summed E-state index contributed by atoms with van der Waals surface area (Å²) in [5, 5.41) is 5.10. The molecule has 2 aromatic carbocycles. The first-order chi connectivity index (χ1) is 9.18. The first kappa shape index (κ1) is 12.2. The molecule has 0 atom stereocenters. The molecule has 0 aliphatic carbocycles. The molecule has 1 N–H and O–H groups in total. The molecule has 2 aromatic rings. The first-order valence-electron chi connectivity index (χ1n) is 6.52. The Bertz CT molecular complexity index is 612. The van der Waals surface area contributed by atoms with E-state index in [-0.39, 0.29) is 11.3 Å². The number of benzene rings is 2. The summed E-state index contributed by atoms with van der Waals surface area (Å²) in [4.78, 5) is 12.3. The molecule has 1 saturated heterocycles. The fraction of sp³-hybridized carbons (Fsp3) is 0.312. The van der Waals surface area contributed by atoms with Crippen LogP contribution in [0.25, 0.3) is 10.8 Å². The Hall–Kier alpha value is -1.87. The van der Waals surface area contributed by atoms with Crippen LogP contribution in [0.1, 0.15) is 17.3 Å². The Labute approximate surface area is 112 Å². The molecule has 0 aromatic heterocycles. The van der Waals surface area contributed by atoms with Crippen LogP contribution in [0, 0.1) is 5.41 Å². The van der Waals surface area contributed by atoms with Crippen molar-refractivity contribution >= 4 is 16.7 Å². The largest absolute Gasteiger partial charge is 0.380 e. The van der Waals surface area contributed by atoms with Gasteiger partial charge in [-0.1, -0.05) is 43.3 Å². The fourth-order valence-electron chi connectivity index (χ4n) is 2.36. The lowest BCUT2D eigenvalue weighted by Crippen LogP contribution is -2.48. The van der Waals surface area contributed by atoms with E-state index in [1.165, 1.54) is 0 Å². The summed E-state index contributed by atoms with van der Waals surface area (Å²) in [6.07, 6.45) is 0. The Morgan fingerprint density at radius 1 is 1.21 bits per heavy atom. The van der Waals surface area contributed by atoms with Gasteiger partial charge in [0.2, 0.25) is 0 Å². The van der Waals surface area contributed by atoms with E-state index in [4.69, 9.17) is 4.74 Å². The minimum Gasteiger partial charge on any atom is -0.380 e. The molecule has 1 heterocycles. The number of hydrogen-bond acceptors (Lipinski definition) is 2. The van der Waals surface area contributed by atoms with Gasteiger partial charge < -0.3 is 10.1 Å². The third-order valence-corrected chi connectivity index (χ3v) is 3.61. The maximum absolute atomic E-state index is 12.3. The molecule has 0 unspecified atom stereocenters. The zero-order chi connectivity index (χ0) is 13.3. The van der Waals surface area contributed by atoms with Gasteiger partial charge in [-0.3, -0.25) is 4.79 Å². The van der Waals surface area contributed by atoms with Gasteiger partial charge in [-0.15, -0.1) is 0 Å². The molecule has 3 nitrogen and oxygen atoms in total. The molecule has 0 saturated carbocycles. The summed E-state index contributed by atoms with van der Waals surface area (Å²) in [7, 11) is 0. The van der Waals surface area contributed by atoms with Crippen molar-refractivity contribution in [3.8, 4) is 0 Å². The fourth-order valence-corrected chi connectivity index (χ4v) is 2.36.